The highest BCUT2D eigenvalue weighted by Crippen LogP contribution is 2.05. The highest BCUT2D eigenvalue weighted by atomic mass is 13.9. The molecule has 0 saturated carbocycles. The second-order valence-electron chi connectivity index (χ2n) is 3.11. The van der Waals surface area contributed by atoms with E-state index in [0.29, 0.717) is 0 Å². The van der Waals surface area contributed by atoms with Gasteiger partial charge in [0.1, 0.15) is 0 Å². The molecule has 0 aromatic heterocycles. The zero-order valence-corrected chi connectivity index (χ0v) is 8.56. The molecule has 0 aliphatic rings. The smallest absolute Gasteiger partial charge is 0.0332 e. The van der Waals surface area contributed by atoms with Gasteiger partial charge in [-0.3, -0.25) is 0 Å². The molecule has 68 valence electrons. The third kappa shape index (κ3) is 5.96. The van der Waals surface area contributed by atoms with Crippen LogP contribution < -0.4 is 0 Å². The van der Waals surface area contributed by atoms with Crippen molar-refractivity contribution in [1.29, 1.82) is 0 Å². The van der Waals surface area contributed by atoms with E-state index in [1.165, 1.54) is 12.0 Å². The Balaban J connectivity index is 3.88. The van der Waals surface area contributed by atoms with Crippen molar-refractivity contribution >= 4 is 0 Å². The zero-order chi connectivity index (χ0) is 9.40. The molecule has 0 saturated heterocycles. The average Bonchev–Trinajstić information content (AvgIpc) is 2.05. The largest absolute Gasteiger partial charge is 0.0918 e. The summed E-state index contributed by atoms with van der Waals surface area (Å²) in [6.45, 7) is 10.4. The predicted octanol–water partition coefficient (Wildman–Crippen LogP) is 4.26. The van der Waals surface area contributed by atoms with Crippen molar-refractivity contribution in [3.8, 4) is 0 Å². The first-order valence-electron chi connectivity index (χ1n) is 4.73. The molecule has 0 aliphatic heterocycles. The van der Waals surface area contributed by atoms with Gasteiger partial charge in [0.25, 0.3) is 0 Å². The lowest BCUT2D eigenvalue weighted by Crippen LogP contribution is -1.74. The summed E-state index contributed by atoms with van der Waals surface area (Å²) in [6, 6.07) is 0. The van der Waals surface area contributed by atoms with Crippen molar-refractivity contribution in [1.82, 2.24) is 0 Å². The molecule has 12 heavy (non-hydrogen) atoms. The van der Waals surface area contributed by atoms with Crippen molar-refractivity contribution in [2.24, 2.45) is 0 Å². The number of hydrogen-bond acceptors (Lipinski definition) is 0. The molecule has 0 N–H and O–H groups in total. The van der Waals surface area contributed by atoms with Crippen LogP contribution in [0.25, 0.3) is 0 Å². The summed E-state index contributed by atoms with van der Waals surface area (Å²) in [7, 11) is 0. The van der Waals surface area contributed by atoms with Gasteiger partial charge in [0.15, 0.2) is 0 Å². The SMILES string of the molecule is C=C(C=CCCC)C=C(C)CC. The number of unbranched alkanes of at least 4 members (excludes halogenated alkanes) is 1. The van der Waals surface area contributed by atoms with Crippen molar-refractivity contribution in [3.63, 3.8) is 0 Å². The van der Waals surface area contributed by atoms with Crippen molar-refractivity contribution in [2.45, 2.75) is 40.0 Å². The van der Waals surface area contributed by atoms with E-state index in [0.717, 1.165) is 18.4 Å². The molecule has 0 aromatic carbocycles. The third-order valence-electron chi connectivity index (χ3n) is 1.78. The van der Waals surface area contributed by atoms with E-state index >= 15 is 0 Å². The Bertz CT molecular complexity index is 182. The Morgan fingerprint density at radius 3 is 2.50 bits per heavy atom. The summed E-state index contributed by atoms with van der Waals surface area (Å²) in [5, 5.41) is 0. The van der Waals surface area contributed by atoms with E-state index in [2.05, 4.69) is 45.6 Å². The summed E-state index contributed by atoms with van der Waals surface area (Å²) in [4.78, 5) is 0. The Hall–Kier alpha value is -0.780. The maximum Gasteiger partial charge on any atom is -0.0332 e. The molecule has 0 aromatic rings. The van der Waals surface area contributed by atoms with Crippen LogP contribution >= 0.6 is 0 Å². The second-order valence-corrected chi connectivity index (χ2v) is 3.11. The van der Waals surface area contributed by atoms with E-state index < -0.39 is 0 Å². The fourth-order valence-corrected chi connectivity index (χ4v) is 0.868. The lowest BCUT2D eigenvalue weighted by Gasteiger charge is -1.94. The molecule has 0 amide bonds. The predicted molar refractivity (Wildman–Crippen MR) is 57.2 cm³/mol. The first-order chi connectivity index (χ1) is 5.70. The summed E-state index contributed by atoms with van der Waals surface area (Å²) in [6.07, 6.45) is 9.90. The van der Waals surface area contributed by atoms with Crippen LogP contribution in [-0.2, 0) is 0 Å². The van der Waals surface area contributed by atoms with Crippen LogP contribution in [0.15, 0.2) is 36.0 Å². The number of rotatable bonds is 5. The van der Waals surface area contributed by atoms with Gasteiger partial charge in [-0.1, -0.05) is 50.6 Å². The van der Waals surface area contributed by atoms with Gasteiger partial charge in [-0.15, -0.1) is 0 Å². The molecule has 0 aliphatic carbocycles. The first kappa shape index (κ1) is 11.2. The third-order valence-corrected chi connectivity index (χ3v) is 1.78. The van der Waals surface area contributed by atoms with E-state index in [1.54, 1.807) is 0 Å². The average molecular weight is 164 g/mol. The van der Waals surface area contributed by atoms with Gasteiger partial charge >= 0.3 is 0 Å². The second kappa shape index (κ2) is 6.90. The molecule has 0 unspecified atom stereocenters. The minimum Gasteiger partial charge on any atom is -0.0918 e. The highest BCUT2D eigenvalue weighted by Gasteiger charge is 1.84. The molecule has 0 atom stereocenters. The van der Waals surface area contributed by atoms with Gasteiger partial charge < -0.3 is 0 Å². The van der Waals surface area contributed by atoms with Gasteiger partial charge in [-0.05, 0) is 25.3 Å². The van der Waals surface area contributed by atoms with Gasteiger partial charge in [-0.25, -0.2) is 0 Å². The first-order valence-corrected chi connectivity index (χ1v) is 4.73. The van der Waals surface area contributed by atoms with Crippen LogP contribution in [0.4, 0.5) is 0 Å². The zero-order valence-electron chi connectivity index (χ0n) is 8.56. The minimum atomic E-state index is 1.11. The van der Waals surface area contributed by atoms with Crippen molar-refractivity contribution < 1.29 is 0 Å². The van der Waals surface area contributed by atoms with E-state index in [9.17, 15) is 0 Å². The molecule has 0 nitrogen and oxygen atoms in total. The van der Waals surface area contributed by atoms with E-state index in [1.807, 2.05) is 0 Å². The van der Waals surface area contributed by atoms with Crippen LogP contribution in [0.2, 0.25) is 0 Å². The fraction of sp³-hybridized carbons (Fsp3) is 0.500. The molecule has 0 rings (SSSR count). The Morgan fingerprint density at radius 1 is 1.33 bits per heavy atom. The monoisotopic (exact) mass is 164 g/mol. The molecular weight excluding hydrogens is 144 g/mol. The summed E-state index contributed by atoms with van der Waals surface area (Å²) >= 11 is 0. The lowest BCUT2D eigenvalue weighted by atomic mass is 10.1. The molecule has 0 spiro atoms. The summed E-state index contributed by atoms with van der Waals surface area (Å²) in [5.41, 5.74) is 2.50. The molecule has 0 heteroatoms. The minimum absolute atomic E-state index is 1.11. The molecule has 0 radical (unpaired) electrons. The van der Waals surface area contributed by atoms with Crippen molar-refractivity contribution in [2.75, 3.05) is 0 Å². The molecular formula is C12H20. The van der Waals surface area contributed by atoms with Crippen molar-refractivity contribution in [3.05, 3.63) is 36.0 Å². The van der Waals surface area contributed by atoms with E-state index in [-0.39, 0.29) is 0 Å². The van der Waals surface area contributed by atoms with Crippen LogP contribution in [-0.4, -0.2) is 0 Å². The van der Waals surface area contributed by atoms with Crippen LogP contribution in [0, 0.1) is 0 Å². The normalized spacial score (nSPS) is 12.4. The van der Waals surface area contributed by atoms with Crippen LogP contribution in [0.5, 0.6) is 0 Å². The topological polar surface area (TPSA) is 0 Å². The van der Waals surface area contributed by atoms with Crippen LogP contribution in [0.3, 0.4) is 0 Å². The molecule has 0 heterocycles. The fourth-order valence-electron chi connectivity index (χ4n) is 0.868. The van der Waals surface area contributed by atoms with Gasteiger partial charge in [0.05, 0.1) is 0 Å². The Morgan fingerprint density at radius 2 is 2.00 bits per heavy atom. The highest BCUT2D eigenvalue weighted by molar-refractivity contribution is 5.29. The number of hydrogen-bond donors (Lipinski definition) is 0. The van der Waals surface area contributed by atoms with Crippen LogP contribution in [0.1, 0.15) is 40.0 Å². The maximum atomic E-state index is 3.95. The summed E-state index contributed by atoms with van der Waals surface area (Å²) < 4.78 is 0. The maximum absolute atomic E-state index is 3.95. The Kier molecular flexibility index (Phi) is 6.45. The van der Waals surface area contributed by atoms with Gasteiger partial charge in [0.2, 0.25) is 0 Å². The molecule has 0 bridgehead atoms. The van der Waals surface area contributed by atoms with E-state index in [4.69, 9.17) is 0 Å². The quantitative estimate of drug-likeness (QED) is 0.533. The lowest BCUT2D eigenvalue weighted by molar-refractivity contribution is 0.958. The number of allylic oxidation sites excluding steroid dienone is 5. The standard InChI is InChI=1S/C12H20/c1-5-7-8-9-12(4)10-11(3)6-2/h8-10H,4-7H2,1-3H3. The van der Waals surface area contributed by atoms with Gasteiger partial charge in [0, 0.05) is 0 Å². The summed E-state index contributed by atoms with van der Waals surface area (Å²) in [5.74, 6) is 0. The van der Waals surface area contributed by atoms with Gasteiger partial charge in [-0.2, -0.15) is 0 Å². The Labute approximate surface area is 76.7 Å². The molecule has 0 fully saturated rings.